The Bertz CT molecular complexity index is 479. The maximum absolute atomic E-state index is 5.59. The zero-order valence-corrected chi connectivity index (χ0v) is 9.73. The number of nitrogens with two attached hydrogens (primary N) is 1. The Morgan fingerprint density at radius 1 is 1.53 bits per heavy atom. The fourth-order valence-electron chi connectivity index (χ4n) is 1.81. The van der Waals surface area contributed by atoms with Crippen molar-refractivity contribution in [2.45, 2.75) is 13.3 Å². The zero-order valence-electron chi connectivity index (χ0n) is 8.91. The topological polar surface area (TPSA) is 48.1 Å². The molecule has 2 aromatic rings. The number of thiazole rings is 1. The molecule has 4 heteroatoms. The second-order valence-electron chi connectivity index (χ2n) is 3.45. The highest BCUT2D eigenvalue weighted by atomic mass is 32.1. The standard InChI is InChI=1S/C11H14N2OS/c1-7-5-8(3-4-12)11-9(10(7)14-2)13-6-15-11/h5-6H,3-4,12H2,1-2H3. The predicted molar refractivity (Wildman–Crippen MR) is 63.7 cm³/mol. The SMILES string of the molecule is COc1c(C)cc(CCN)c2scnc12. The molecule has 0 aliphatic heterocycles. The van der Waals surface area contributed by atoms with Gasteiger partial charge in [0.2, 0.25) is 0 Å². The van der Waals surface area contributed by atoms with E-state index in [1.165, 1.54) is 10.3 Å². The van der Waals surface area contributed by atoms with Crippen LogP contribution in [0.25, 0.3) is 10.2 Å². The van der Waals surface area contributed by atoms with Gasteiger partial charge in [-0.2, -0.15) is 0 Å². The van der Waals surface area contributed by atoms with Gasteiger partial charge in [-0.15, -0.1) is 11.3 Å². The quantitative estimate of drug-likeness (QED) is 0.865. The Hall–Kier alpha value is -1.13. The summed E-state index contributed by atoms with van der Waals surface area (Å²) in [6, 6.07) is 2.15. The van der Waals surface area contributed by atoms with Crippen molar-refractivity contribution in [1.29, 1.82) is 0 Å². The largest absolute Gasteiger partial charge is 0.494 e. The number of hydrogen-bond donors (Lipinski definition) is 1. The molecule has 0 spiro atoms. The van der Waals surface area contributed by atoms with Crippen LogP contribution in [0.1, 0.15) is 11.1 Å². The molecule has 3 nitrogen and oxygen atoms in total. The Morgan fingerprint density at radius 3 is 3.00 bits per heavy atom. The molecule has 15 heavy (non-hydrogen) atoms. The second kappa shape index (κ2) is 4.16. The number of nitrogens with zero attached hydrogens (tertiary/aromatic N) is 1. The molecular formula is C11H14N2OS. The third kappa shape index (κ3) is 1.70. The molecule has 1 heterocycles. The van der Waals surface area contributed by atoms with E-state index in [1.54, 1.807) is 18.4 Å². The van der Waals surface area contributed by atoms with Crippen molar-refractivity contribution in [3.05, 3.63) is 22.7 Å². The minimum atomic E-state index is 0.665. The fourth-order valence-corrected chi connectivity index (χ4v) is 2.65. The molecule has 0 aliphatic rings. The summed E-state index contributed by atoms with van der Waals surface area (Å²) in [7, 11) is 1.68. The third-order valence-electron chi connectivity index (χ3n) is 2.44. The lowest BCUT2D eigenvalue weighted by Crippen LogP contribution is -2.03. The third-order valence-corrected chi connectivity index (χ3v) is 3.34. The number of hydrogen-bond acceptors (Lipinski definition) is 4. The highest BCUT2D eigenvalue weighted by Crippen LogP contribution is 2.33. The van der Waals surface area contributed by atoms with Gasteiger partial charge >= 0.3 is 0 Å². The van der Waals surface area contributed by atoms with Crippen LogP contribution >= 0.6 is 11.3 Å². The number of fused-ring (bicyclic) bond motifs is 1. The fraction of sp³-hybridized carbons (Fsp3) is 0.364. The van der Waals surface area contributed by atoms with Crippen molar-refractivity contribution < 1.29 is 4.74 Å². The molecule has 0 bridgehead atoms. The first-order valence-corrected chi connectivity index (χ1v) is 5.75. The lowest BCUT2D eigenvalue weighted by molar-refractivity contribution is 0.416. The highest BCUT2D eigenvalue weighted by Gasteiger charge is 2.11. The van der Waals surface area contributed by atoms with Gasteiger partial charge in [-0.1, -0.05) is 6.07 Å². The van der Waals surface area contributed by atoms with Crippen molar-refractivity contribution in [2.75, 3.05) is 13.7 Å². The van der Waals surface area contributed by atoms with Gasteiger partial charge in [0.1, 0.15) is 11.3 Å². The van der Waals surface area contributed by atoms with Gasteiger partial charge < -0.3 is 10.5 Å². The van der Waals surface area contributed by atoms with Crippen LogP contribution in [0.4, 0.5) is 0 Å². The van der Waals surface area contributed by atoms with Crippen molar-refractivity contribution >= 4 is 21.6 Å². The van der Waals surface area contributed by atoms with E-state index in [4.69, 9.17) is 10.5 Å². The van der Waals surface area contributed by atoms with Crippen LogP contribution in [-0.2, 0) is 6.42 Å². The van der Waals surface area contributed by atoms with E-state index < -0.39 is 0 Å². The van der Waals surface area contributed by atoms with Crippen LogP contribution in [0.15, 0.2) is 11.6 Å². The van der Waals surface area contributed by atoms with Crippen LogP contribution in [0, 0.1) is 6.92 Å². The lowest BCUT2D eigenvalue weighted by Gasteiger charge is -2.08. The Labute approximate surface area is 92.9 Å². The average molecular weight is 222 g/mol. The van der Waals surface area contributed by atoms with E-state index in [9.17, 15) is 0 Å². The number of aromatic nitrogens is 1. The molecule has 0 atom stereocenters. The number of rotatable bonds is 3. The smallest absolute Gasteiger partial charge is 0.148 e. The van der Waals surface area contributed by atoms with Gasteiger partial charge in [0.25, 0.3) is 0 Å². The van der Waals surface area contributed by atoms with E-state index in [-0.39, 0.29) is 0 Å². The van der Waals surface area contributed by atoms with Gasteiger partial charge in [0.15, 0.2) is 0 Å². The summed E-state index contributed by atoms with van der Waals surface area (Å²) < 4.78 is 6.56. The summed E-state index contributed by atoms with van der Waals surface area (Å²) in [6.45, 7) is 2.70. The minimum absolute atomic E-state index is 0.665. The van der Waals surface area contributed by atoms with Crippen molar-refractivity contribution in [3.8, 4) is 5.75 Å². The lowest BCUT2D eigenvalue weighted by atomic mass is 10.1. The number of benzene rings is 1. The Kier molecular flexibility index (Phi) is 2.88. The van der Waals surface area contributed by atoms with E-state index >= 15 is 0 Å². The summed E-state index contributed by atoms with van der Waals surface area (Å²) in [5.41, 5.74) is 10.8. The normalized spacial score (nSPS) is 10.9. The molecule has 0 saturated heterocycles. The van der Waals surface area contributed by atoms with E-state index in [1.807, 2.05) is 12.4 Å². The van der Waals surface area contributed by atoms with Crippen molar-refractivity contribution in [2.24, 2.45) is 5.73 Å². The number of ether oxygens (including phenoxy) is 1. The minimum Gasteiger partial charge on any atom is -0.494 e. The highest BCUT2D eigenvalue weighted by molar-refractivity contribution is 7.17. The average Bonchev–Trinajstić information content (AvgIpc) is 2.67. The van der Waals surface area contributed by atoms with Gasteiger partial charge in [-0.3, -0.25) is 0 Å². The van der Waals surface area contributed by atoms with Gasteiger partial charge in [-0.25, -0.2) is 4.98 Å². The summed E-state index contributed by atoms with van der Waals surface area (Å²) >= 11 is 1.65. The Balaban J connectivity index is 2.69. The van der Waals surface area contributed by atoms with Crippen LogP contribution in [0.2, 0.25) is 0 Å². The summed E-state index contributed by atoms with van der Waals surface area (Å²) in [4.78, 5) is 4.35. The molecule has 0 aliphatic carbocycles. The maximum atomic E-state index is 5.59. The zero-order chi connectivity index (χ0) is 10.8. The first-order chi connectivity index (χ1) is 7.27. The number of methoxy groups -OCH3 is 1. The van der Waals surface area contributed by atoms with E-state index in [2.05, 4.69) is 11.1 Å². The van der Waals surface area contributed by atoms with Crippen LogP contribution < -0.4 is 10.5 Å². The molecular weight excluding hydrogens is 208 g/mol. The first kappa shape index (κ1) is 10.4. The van der Waals surface area contributed by atoms with Crippen molar-refractivity contribution in [3.63, 3.8) is 0 Å². The van der Waals surface area contributed by atoms with Gasteiger partial charge in [0.05, 0.1) is 17.3 Å². The predicted octanol–water partition coefficient (Wildman–Crippen LogP) is 2.11. The molecule has 0 unspecified atom stereocenters. The molecule has 0 amide bonds. The van der Waals surface area contributed by atoms with Crippen LogP contribution in [-0.4, -0.2) is 18.6 Å². The van der Waals surface area contributed by atoms with Crippen LogP contribution in [0.5, 0.6) is 5.75 Å². The van der Waals surface area contributed by atoms with Crippen LogP contribution in [0.3, 0.4) is 0 Å². The monoisotopic (exact) mass is 222 g/mol. The molecule has 0 fully saturated rings. The van der Waals surface area contributed by atoms with Gasteiger partial charge in [-0.05, 0) is 31.0 Å². The molecule has 0 radical (unpaired) electrons. The summed E-state index contributed by atoms with van der Waals surface area (Å²) in [5, 5.41) is 0. The van der Waals surface area contributed by atoms with E-state index in [0.717, 1.165) is 23.3 Å². The van der Waals surface area contributed by atoms with Gasteiger partial charge in [0, 0.05) is 0 Å². The molecule has 1 aromatic heterocycles. The summed E-state index contributed by atoms with van der Waals surface area (Å²) in [6.07, 6.45) is 0.892. The summed E-state index contributed by atoms with van der Waals surface area (Å²) in [5.74, 6) is 0.882. The van der Waals surface area contributed by atoms with Crippen molar-refractivity contribution in [1.82, 2.24) is 4.98 Å². The molecule has 2 N–H and O–H groups in total. The molecule has 1 aromatic carbocycles. The second-order valence-corrected chi connectivity index (χ2v) is 4.31. The molecule has 2 rings (SSSR count). The first-order valence-electron chi connectivity index (χ1n) is 4.87. The maximum Gasteiger partial charge on any atom is 0.148 e. The molecule has 0 saturated carbocycles. The number of aryl methyl sites for hydroxylation is 1. The Morgan fingerprint density at radius 2 is 2.33 bits per heavy atom. The van der Waals surface area contributed by atoms with E-state index in [0.29, 0.717) is 6.54 Å². The molecule has 80 valence electrons.